The van der Waals surface area contributed by atoms with E-state index in [2.05, 4.69) is 28.1 Å². The fourth-order valence-corrected chi connectivity index (χ4v) is 5.76. The topological polar surface area (TPSA) is 48.8 Å². The number of pyridine rings is 1. The molecule has 0 aliphatic carbocycles. The Hall–Kier alpha value is -3.38. The van der Waals surface area contributed by atoms with Crippen molar-refractivity contribution in [3.63, 3.8) is 0 Å². The molecule has 0 spiro atoms. The molecule has 1 fully saturated rings. The molecule has 0 saturated carbocycles. The van der Waals surface area contributed by atoms with E-state index in [-0.39, 0.29) is 17.8 Å². The lowest BCUT2D eigenvalue weighted by Gasteiger charge is -2.34. The molecule has 2 aromatic carbocycles. The predicted molar refractivity (Wildman–Crippen MR) is 134 cm³/mol. The van der Waals surface area contributed by atoms with Crippen LogP contribution in [0.2, 0.25) is 0 Å². The molecule has 3 aliphatic rings. The number of likely N-dealkylation sites (tertiary alicyclic amines) is 1. The fraction of sp³-hybridized carbons (Fsp3) is 0.345. The number of hydrogen-bond donors (Lipinski definition) is 0. The highest BCUT2D eigenvalue weighted by atomic mass is 19.1. The van der Waals surface area contributed by atoms with E-state index in [1.54, 1.807) is 6.07 Å². The van der Waals surface area contributed by atoms with E-state index in [0.717, 1.165) is 53.2 Å². The van der Waals surface area contributed by atoms with Crippen molar-refractivity contribution in [3.05, 3.63) is 99.1 Å². The van der Waals surface area contributed by atoms with Crippen molar-refractivity contribution >= 4 is 11.6 Å². The quantitative estimate of drug-likeness (QED) is 0.572. The molecule has 1 saturated heterocycles. The minimum absolute atomic E-state index is 0.146. The molecule has 0 unspecified atom stereocenters. The summed E-state index contributed by atoms with van der Waals surface area (Å²) < 4.78 is 14.4. The van der Waals surface area contributed by atoms with Crippen LogP contribution in [-0.4, -0.2) is 45.5 Å². The van der Waals surface area contributed by atoms with Gasteiger partial charge in [0, 0.05) is 60.8 Å². The molecule has 35 heavy (non-hydrogen) atoms. The molecule has 1 amide bonds. The molecule has 178 valence electrons. The SMILES string of the molecule is Cc1cc(C2=NCc3cc4c(cc32)CN([C@@H]2CCN(Cc3c(C)cccc3F)C2)C(=O)C4)ccn1. The standard InChI is InChI=1S/C29H29FN4O/c1-18-4-3-5-27(30)26(18)17-33-9-7-24(16-33)34-15-23-12-25-22(11-21(23)13-28(34)35)14-32-29(25)20-6-8-31-19(2)10-20/h3-6,8,10-12,24H,7,9,13-17H2,1-2H3/t24-/m1/s1. The number of fused-ring (bicyclic) bond motifs is 2. The number of amides is 1. The van der Waals surface area contributed by atoms with Crippen LogP contribution < -0.4 is 0 Å². The van der Waals surface area contributed by atoms with E-state index in [1.807, 2.05) is 37.1 Å². The van der Waals surface area contributed by atoms with Crippen LogP contribution in [0.15, 0.2) is 53.7 Å². The largest absolute Gasteiger partial charge is 0.334 e. The maximum Gasteiger partial charge on any atom is 0.227 e. The molecule has 5 nitrogen and oxygen atoms in total. The number of halogens is 1. The van der Waals surface area contributed by atoms with Gasteiger partial charge in [-0.05, 0) is 66.8 Å². The number of nitrogens with zero attached hydrogens (tertiary/aromatic N) is 4. The van der Waals surface area contributed by atoms with Gasteiger partial charge in [-0.25, -0.2) is 4.39 Å². The van der Waals surface area contributed by atoms with Crippen LogP contribution in [0.5, 0.6) is 0 Å². The van der Waals surface area contributed by atoms with Gasteiger partial charge < -0.3 is 4.90 Å². The first-order valence-electron chi connectivity index (χ1n) is 12.3. The highest BCUT2D eigenvalue weighted by Gasteiger charge is 2.35. The highest BCUT2D eigenvalue weighted by molar-refractivity contribution is 6.15. The molecule has 4 heterocycles. The van der Waals surface area contributed by atoms with Crippen molar-refractivity contribution in [1.82, 2.24) is 14.8 Å². The number of aliphatic imine (C=N–C) groups is 1. The Labute approximate surface area is 205 Å². The lowest BCUT2D eigenvalue weighted by Crippen LogP contribution is -2.44. The maximum absolute atomic E-state index is 14.4. The summed E-state index contributed by atoms with van der Waals surface area (Å²) in [4.78, 5) is 26.6. The minimum Gasteiger partial charge on any atom is -0.334 e. The van der Waals surface area contributed by atoms with Crippen LogP contribution in [0.25, 0.3) is 0 Å². The molecular weight excluding hydrogens is 439 g/mol. The average Bonchev–Trinajstić information content (AvgIpc) is 3.46. The summed E-state index contributed by atoms with van der Waals surface area (Å²) in [6, 6.07) is 13.9. The van der Waals surface area contributed by atoms with Crippen LogP contribution >= 0.6 is 0 Å². The number of rotatable bonds is 4. The van der Waals surface area contributed by atoms with E-state index in [0.29, 0.717) is 26.1 Å². The van der Waals surface area contributed by atoms with Gasteiger partial charge in [0.15, 0.2) is 0 Å². The molecule has 1 aromatic heterocycles. The second-order valence-corrected chi connectivity index (χ2v) is 10.0. The van der Waals surface area contributed by atoms with Crippen LogP contribution in [0.3, 0.4) is 0 Å². The first-order valence-corrected chi connectivity index (χ1v) is 12.3. The van der Waals surface area contributed by atoms with E-state index in [4.69, 9.17) is 4.99 Å². The molecule has 1 atom stereocenters. The molecule has 6 heteroatoms. The maximum atomic E-state index is 14.4. The Bertz CT molecular complexity index is 1340. The predicted octanol–water partition coefficient (Wildman–Crippen LogP) is 4.35. The average molecular weight is 469 g/mol. The molecule has 0 N–H and O–H groups in total. The number of hydrogen-bond acceptors (Lipinski definition) is 4. The Balaban J connectivity index is 1.21. The lowest BCUT2D eigenvalue weighted by molar-refractivity contribution is -0.134. The molecule has 0 bridgehead atoms. The van der Waals surface area contributed by atoms with Gasteiger partial charge in [0.25, 0.3) is 0 Å². The summed E-state index contributed by atoms with van der Waals surface area (Å²) in [7, 11) is 0. The third-order valence-corrected chi connectivity index (χ3v) is 7.68. The number of benzene rings is 2. The summed E-state index contributed by atoms with van der Waals surface area (Å²) in [6.07, 6.45) is 3.19. The summed E-state index contributed by atoms with van der Waals surface area (Å²) in [5, 5.41) is 0. The third-order valence-electron chi connectivity index (χ3n) is 7.68. The first kappa shape index (κ1) is 22.1. The molecule has 0 radical (unpaired) electrons. The van der Waals surface area contributed by atoms with Crippen LogP contribution in [0.1, 0.15) is 51.1 Å². The Kier molecular flexibility index (Phi) is 5.49. The summed E-state index contributed by atoms with van der Waals surface area (Å²) in [5.41, 5.74) is 9.54. The van der Waals surface area contributed by atoms with Gasteiger partial charge in [-0.1, -0.05) is 18.2 Å². The van der Waals surface area contributed by atoms with E-state index < -0.39 is 0 Å². The highest BCUT2D eigenvalue weighted by Crippen LogP contribution is 2.32. The van der Waals surface area contributed by atoms with Crippen LogP contribution in [0.4, 0.5) is 4.39 Å². The Morgan fingerprint density at radius 1 is 1.09 bits per heavy atom. The molecule has 6 rings (SSSR count). The number of carbonyl (C=O) groups is 1. The van der Waals surface area contributed by atoms with Crippen molar-refractivity contribution in [2.24, 2.45) is 4.99 Å². The smallest absolute Gasteiger partial charge is 0.227 e. The second kappa shape index (κ2) is 8.68. The summed E-state index contributed by atoms with van der Waals surface area (Å²) >= 11 is 0. The van der Waals surface area contributed by atoms with Crippen molar-refractivity contribution in [2.45, 2.75) is 52.4 Å². The zero-order valence-corrected chi connectivity index (χ0v) is 20.2. The van der Waals surface area contributed by atoms with Gasteiger partial charge in [-0.15, -0.1) is 0 Å². The number of carbonyl (C=O) groups excluding carboxylic acids is 1. The zero-order chi connectivity index (χ0) is 24.1. The van der Waals surface area contributed by atoms with Gasteiger partial charge in [0.1, 0.15) is 5.82 Å². The van der Waals surface area contributed by atoms with Crippen molar-refractivity contribution in [3.8, 4) is 0 Å². The number of aromatic nitrogens is 1. The lowest BCUT2D eigenvalue weighted by atomic mass is 9.90. The summed E-state index contributed by atoms with van der Waals surface area (Å²) in [6.45, 7) is 7.48. The van der Waals surface area contributed by atoms with Crippen molar-refractivity contribution in [1.29, 1.82) is 0 Å². The van der Waals surface area contributed by atoms with Gasteiger partial charge in [-0.2, -0.15) is 0 Å². The van der Waals surface area contributed by atoms with E-state index >= 15 is 0 Å². The van der Waals surface area contributed by atoms with Gasteiger partial charge in [0.2, 0.25) is 5.91 Å². The van der Waals surface area contributed by atoms with Crippen LogP contribution in [-0.2, 0) is 30.8 Å². The second-order valence-electron chi connectivity index (χ2n) is 10.0. The number of aryl methyl sites for hydroxylation is 2. The van der Waals surface area contributed by atoms with Gasteiger partial charge >= 0.3 is 0 Å². The normalized spacial score (nSPS) is 19.6. The summed E-state index contributed by atoms with van der Waals surface area (Å²) in [5.74, 6) is 0.0439. The monoisotopic (exact) mass is 468 g/mol. The fourth-order valence-electron chi connectivity index (χ4n) is 5.76. The minimum atomic E-state index is -0.146. The van der Waals surface area contributed by atoms with Gasteiger partial charge in [0.05, 0.1) is 18.7 Å². The Morgan fingerprint density at radius 3 is 2.80 bits per heavy atom. The van der Waals surface area contributed by atoms with Crippen molar-refractivity contribution in [2.75, 3.05) is 13.1 Å². The Morgan fingerprint density at radius 2 is 1.97 bits per heavy atom. The van der Waals surface area contributed by atoms with Gasteiger partial charge in [-0.3, -0.25) is 19.7 Å². The molecule has 3 aromatic rings. The van der Waals surface area contributed by atoms with E-state index in [1.165, 1.54) is 22.8 Å². The molecular formula is C29H29FN4O. The molecule has 3 aliphatic heterocycles. The van der Waals surface area contributed by atoms with Crippen molar-refractivity contribution < 1.29 is 9.18 Å². The first-order chi connectivity index (χ1) is 17.0. The van der Waals surface area contributed by atoms with Crippen LogP contribution in [0, 0.1) is 19.7 Å². The van der Waals surface area contributed by atoms with E-state index in [9.17, 15) is 9.18 Å². The zero-order valence-electron chi connectivity index (χ0n) is 20.2. The third kappa shape index (κ3) is 4.06.